The number of carbonyl (C=O) groups excluding carboxylic acids is 1. The van der Waals surface area contributed by atoms with E-state index in [1.165, 1.54) is 4.90 Å². The van der Waals surface area contributed by atoms with E-state index in [9.17, 15) is 4.79 Å². The van der Waals surface area contributed by atoms with Gasteiger partial charge >= 0.3 is 6.09 Å². The number of hydrogen-bond acceptors (Lipinski definition) is 3. The zero-order valence-corrected chi connectivity index (χ0v) is 14.5. The number of hydrogen-bond donors (Lipinski definition) is 1. The van der Waals surface area contributed by atoms with Crippen molar-refractivity contribution in [3.63, 3.8) is 0 Å². The van der Waals surface area contributed by atoms with Crippen molar-refractivity contribution in [1.29, 1.82) is 0 Å². The summed E-state index contributed by atoms with van der Waals surface area (Å²) in [5, 5.41) is 4.57. The van der Waals surface area contributed by atoms with E-state index in [2.05, 4.69) is 5.32 Å². The van der Waals surface area contributed by atoms with Gasteiger partial charge in [-0.2, -0.15) is 0 Å². The summed E-state index contributed by atoms with van der Waals surface area (Å²) in [6, 6.07) is 5.79. The van der Waals surface area contributed by atoms with Crippen LogP contribution in [0.5, 0.6) is 0 Å². The molecular formula is C16H22Cl2N2O2. The summed E-state index contributed by atoms with van der Waals surface area (Å²) in [6.45, 7) is 2.25. The lowest BCUT2D eigenvalue weighted by Gasteiger charge is -2.38. The van der Waals surface area contributed by atoms with Gasteiger partial charge in [-0.25, -0.2) is 4.79 Å². The lowest BCUT2D eigenvalue weighted by Crippen LogP contribution is -2.44. The molecule has 22 heavy (non-hydrogen) atoms. The fourth-order valence-electron chi connectivity index (χ4n) is 2.86. The third-order valence-electron chi connectivity index (χ3n) is 4.18. The third kappa shape index (κ3) is 4.06. The Morgan fingerprint density at radius 3 is 2.73 bits per heavy atom. The molecular weight excluding hydrogens is 323 g/mol. The van der Waals surface area contributed by atoms with E-state index in [1.807, 2.05) is 18.2 Å². The summed E-state index contributed by atoms with van der Waals surface area (Å²) in [7, 11) is 3.36. The van der Waals surface area contributed by atoms with Crippen molar-refractivity contribution >= 4 is 29.3 Å². The second-order valence-corrected chi connectivity index (χ2v) is 6.76. The molecule has 0 saturated carbocycles. The van der Waals surface area contributed by atoms with Gasteiger partial charge in [0.05, 0.1) is 16.7 Å². The zero-order chi connectivity index (χ0) is 16.2. The van der Waals surface area contributed by atoms with Crippen LogP contribution < -0.4 is 5.32 Å². The number of carbonyl (C=O) groups is 1. The van der Waals surface area contributed by atoms with Crippen LogP contribution in [0.1, 0.15) is 24.8 Å². The monoisotopic (exact) mass is 344 g/mol. The Morgan fingerprint density at radius 1 is 1.36 bits per heavy atom. The minimum absolute atomic E-state index is 0.0704. The summed E-state index contributed by atoms with van der Waals surface area (Å²) in [5.41, 5.74) is 1.08. The molecule has 2 rings (SSSR count). The van der Waals surface area contributed by atoms with E-state index in [-0.39, 0.29) is 11.5 Å². The van der Waals surface area contributed by atoms with Gasteiger partial charge in [-0.3, -0.25) is 0 Å². The maximum Gasteiger partial charge on any atom is 0.409 e. The first-order chi connectivity index (χ1) is 10.4. The molecule has 0 aliphatic carbocycles. The van der Waals surface area contributed by atoms with Crippen LogP contribution in [0.25, 0.3) is 0 Å². The molecule has 6 heteroatoms. The van der Waals surface area contributed by atoms with Gasteiger partial charge in [-0.1, -0.05) is 29.3 Å². The van der Waals surface area contributed by atoms with Crippen LogP contribution >= 0.6 is 23.2 Å². The number of nitrogens with zero attached hydrogens (tertiary/aromatic N) is 1. The number of nitrogens with one attached hydrogen (secondary N) is 1. The fourth-order valence-corrected chi connectivity index (χ4v) is 3.16. The van der Waals surface area contributed by atoms with Gasteiger partial charge in [0.15, 0.2) is 0 Å². The summed E-state index contributed by atoms with van der Waals surface area (Å²) in [6.07, 6.45) is 2.57. The Morgan fingerprint density at radius 2 is 2.14 bits per heavy atom. The van der Waals surface area contributed by atoms with Crippen LogP contribution in [0.15, 0.2) is 18.2 Å². The first-order valence-electron chi connectivity index (χ1n) is 7.45. The first kappa shape index (κ1) is 17.4. The van der Waals surface area contributed by atoms with Crippen molar-refractivity contribution in [3.8, 4) is 0 Å². The topological polar surface area (TPSA) is 41.6 Å². The quantitative estimate of drug-likeness (QED) is 0.905. The largest absolute Gasteiger partial charge is 0.449 e. The molecule has 1 unspecified atom stereocenters. The molecule has 1 atom stereocenters. The Balaban J connectivity index is 2.13. The van der Waals surface area contributed by atoms with Crippen LogP contribution in [0.2, 0.25) is 10.0 Å². The molecule has 1 fully saturated rings. The highest BCUT2D eigenvalue weighted by molar-refractivity contribution is 6.42. The number of amides is 1. The molecule has 0 bridgehead atoms. The average molecular weight is 345 g/mol. The number of piperidine rings is 1. The SMILES string of the molecule is CN(C)C(=O)OCCC1(c2ccc(Cl)c(Cl)c2)CCCNC1. The smallest absolute Gasteiger partial charge is 0.409 e. The number of rotatable bonds is 4. The van der Waals surface area contributed by atoms with Crippen molar-refractivity contribution < 1.29 is 9.53 Å². The highest BCUT2D eigenvalue weighted by Gasteiger charge is 2.34. The zero-order valence-electron chi connectivity index (χ0n) is 13.0. The van der Waals surface area contributed by atoms with Crippen molar-refractivity contribution in [2.24, 2.45) is 0 Å². The Kier molecular flexibility index (Phi) is 5.95. The molecule has 122 valence electrons. The lowest BCUT2D eigenvalue weighted by molar-refractivity contribution is 0.105. The van der Waals surface area contributed by atoms with Crippen molar-refractivity contribution in [1.82, 2.24) is 10.2 Å². The second-order valence-electron chi connectivity index (χ2n) is 5.95. The first-order valence-corrected chi connectivity index (χ1v) is 8.20. The van der Waals surface area contributed by atoms with Gasteiger partial charge in [0.2, 0.25) is 0 Å². The van der Waals surface area contributed by atoms with Gasteiger partial charge in [0, 0.05) is 26.1 Å². The van der Waals surface area contributed by atoms with Crippen LogP contribution in [0.4, 0.5) is 4.79 Å². The molecule has 1 saturated heterocycles. The van der Waals surface area contributed by atoms with Crippen molar-refractivity contribution in [2.75, 3.05) is 33.8 Å². The van der Waals surface area contributed by atoms with E-state index in [0.29, 0.717) is 16.7 Å². The maximum atomic E-state index is 11.6. The number of halogens is 2. The summed E-state index contributed by atoms with van der Waals surface area (Å²) >= 11 is 12.2. The lowest BCUT2D eigenvalue weighted by atomic mass is 9.72. The third-order valence-corrected chi connectivity index (χ3v) is 4.91. The van der Waals surface area contributed by atoms with E-state index < -0.39 is 0 Å². The molecule has 1 aliphatic heterocycles. The van der Waals surface area contributed by atoms with Crippen LogP contribution in [-0.2, 0) is 10.2 Å². The maximum absolute atomic E-state index is 11.6. The molecule has 0 spiro atoms. The molecule has 1 N–H and O–H groups in total. The normalized spacial score (nSPS) is 21.5. The van der Waals surface area contributed by atoms with E-state index in [4.69, 9.17) is 27.9 Å². The molecule has 0 aromatic heterocycles. The van der Waals surface area contributed by atoms with Crippen LogP contribution in [-0.4, -0.2) is 44.8 Å². The summed E-state index contributed by atoms with van der Waals surface area (Å²) < 4.78 is 5.31. The predicted molar refractivity (Wildman–Crippen MR) is 89.9 cm³/mol. The molecule has 1 aromatic carbocycles. The van der Waals surface area contributed by atoms with Gasteiger partial charge < -0.3 is 15.0 Å². The predicted octanol–water partition coefficient (Wildman–Crippen LogP) is 3.70. The van der Waals surface area contributed by atoms with Gasteiger partial charge in [-0.05, 0) is 43.5 Å². The van der Waals surface area contributed by atoms with E-state index in [0.717, 1.165) is 37.9 Å². The minimum Gasteiger partial charge on any atom is -0.449 e. The average Bonchev–Trinajstić information content (AvgIpc) is 2.50. The highest BCUT2D eigenvalue weighted by Crippen LogP contribution is 2.37. The Hall–Kier alpha value is -0.970. The molecule has 1 heterocycles. The highest BCUT2D eigenvalue weighted by atomic mass is 35.5. The number of benzene rings is 1. The van der Waals surface area contributed by atoms with Crippen LogP contribution in [0.3, 0.4) is 0 Å². The second kappa shape index (κ2) is 7.53. The molecule has 1 amide bonds. The van der Waals surface area contributed by atoms with Gasteiger partial charge in [0.1, 0.15) is 0 Å². The Labute approximate surface area is 141 Å². The fraction of sp³-hybridized carbons (Fsp3) is 0.562. The minimum atomic E-state index is -0.312. The van der Waals surface area contributed by atoms with Crippen molar-refractivity contribution in [2.45, 2.75) is 24.7 Å². The molecule has 1 aromatic rings. The van der Waals surface area contributed by atoms with Gasteiger partial charge in [0.25, 0.3) is 0 Å². The Bertz CT molecular complexity index is 529. The van der Waals surface area contributed by atoms with Gasteiger partial charge in [-0.15, -0.1) is 0 Å². The standard InChI is InChI=1S/C16H22Cl2N2O2/c1-20(2)15(21)22-9-7-16(6-3-8-19-11-16)12-4-5-13(17)14(18)10-12/h4-5,10,19H,3,6-9,11H2,1-2H3. The van der Waals surface area contributed by atoms with Crippen LogP contribution in [0, 0.1) is 0 Å². The number of ether oxygens (including phenoxy) is 1. The molecule has 4 nitrogen and oxygen atoms in total. The summed E-state index contributed by atoms with van der Waals surface area (Å²) in [5.74, 6) is 0. The molecule has 1 aliphatic rings. The summed E-state index contributed by atoms with van der Waals surface area (Å²) in [4.78, 5) is 13.0. The van der Waals surface area contributed by atoms with Crippen molar-refractivity contribution in [3.05, 3.63) is 33.8 Å². The molecule has 0 radical (unpaired) electrons. The van der Waals surface area contributed by atoms with E-state index >= 15 is 0 Å². The van der Waals surface area contributed by atoms with E-state index in [1.54, 1.807) is 14.1 Å².